The Balaban J connectivity index is 2.16. The van der Waals surface area contributed by atoms with Gasteiger partial charge < -0.3 is 9.84 Å². The highest BCUT2D eigenvalue weighted by Crippen LogP contribution is 2.21. The number of benzene rings is 2. The van der Waals surface area contributed by atoms with Gasteiger partial charge in [0.1, 0.15) is 11.5 Å². The van der Waals surface area contributed by atoms with Crippen molar-refractivity contribution in [2.24, 2.45) is 5.10 Å². The average Bonchev–Trinajstić information content (AvgIpc) is 2.55. The molecule has 8 nitrogen and oxygen atoms in total. The predicted molar refractivity (Wildman–Crippen MR) is 94.6 cm³/mol. The first-order valence-corrected chi connectivity index (χ1v) is 8.96. The summed E-state index contributed by atoms with van der Waals surface area (Å²) in [5, 5.41) is 13.5. The fourth-order valence-corrected chi connectivity index (χ4v) is 2.53. The number of hydrogen-bond donors (Lipinski definition) is 3. The molecule has 0 heterocycles. The van der Waals surface area contributed by atoms with Crippen LogP contribution >= 0.6 is 0 Å². The van der Waals surface area contributed by atoms with Crippen molar-refractivity contribution < 1.29 is 23.1 Å². The Kier molecular flexibility index (Phi) is 5.60. The molecule has 0 aliphatic heterocycles. The summed E-state index contributed by atoms with van der Waals surface area (Å²) in [6.07, 6.45) is 2.24. The third-order valence-electron chi connectivity index (χ3n) is 3.07. The van der Waals surface area contributed by atoms with Crippen molar-refractivity contribution in [1.29, 1.82) is 0 Å². The molecule has 132 valence electrons. The smallest absolute Gasteiger partial charge is 0.273 e. The summed E-state index contributed by atoms with van der Waals surface area (Å²) in [6, 6.07) is 10.7. The quantitative estimate of drug-likeness (QED) is 0.531. The lowest BCUT2D eigenvalue weighted by molar-refractivity contribution is 0.0956. The first-order valence-electron chi connectivity index (χ1n) is 7.07. The van der Waals surface area contributed by atoms with Crippen molar-refractivity contribution in [2.75, 3.05) is 18.1 Å². The molecular formula is C16H17N3O5S. The van der Waals surface area contributed by atoms with Crippen molar-refractivity contribution in [3.05, 3.63) is 53.6 Å². The molecule has 0 aromatic heterocycles. The second kappa shape index (κ2) is 7.67. The molecule has 3 N–H and O–H groups in total. The van der Waals surface area contributed by atoms with Crippen molar-refractivity contribution in [2.45, 2.75) is 0 Å². The third kappa shape index (κ3) is 5.21. The minimum absolute atomic E-state index is 0.0297. The molecule has 0 radical (unpaired) electrons. The van der Waals surface area contributed by atoms with E-state index < -0.39 is 15.9 Å². The minimum atomic E-state index is -3.53. The molecule has 25 heavy (non-hydrogen) atoms. The Morgan fingerprint density at radius 2 is 1.96 bits per heavy atom. The van der Waals surface area contributed by atoms with E-state index in [2.05, 4.69) is 15.2 Å². The molecule has 2 aromatic rings. The Morgan fingerprint density at radius 3 is 2.64 bits per heavy atom. The van der Waals surface area contributed by atoms with Crippen LogP contribution in [0.15, 0.2) is 47.6 Å². The van der Waals surface area contributed by atoms with Gasteiger partial charge in [-0.05, 0) is 30.3 Å². The summed E-state index contributed by atoms with van der Waals surface area (Å²) >= 11 is 0. The number of methoxy groups -OCH3 is 1. The van der Waals surface area contributed by atoms with Crippen LogP contribution in [0.1, 0.15) is 15.9 Å². The third-order valence-corrected chi connectivity index (χ3v) is 3.66. The van der Waals surface area contributed by atoms with Crippen LogP contribution in [0.2, 0.25) is 0 Å². The molecule has 9 heteroatoms. The number of carbonyl (C=O) groups is 1. The monoisotopic (exact) mass is 363 g/mol. The molecule has 0 saturated heterocycles. The fraction of sp³-hybridized carbons (Fsp3) is 0.125. The van der Waals surface area contributed by atoms with E-state index >= 15 is 0 Å². The van der Waals surface area contributed by atoms with Crippen LogP contribution in [0.3, 0.4) is 0 Å². The maximum atomic E-state index is 12.2. The van der Waals surface area contributed by atoms with Gasteiger partial charge in [-0.1, -0.05) is 12.1 Å². The predicted octanol–water partition coefficient (Wildman–Crippen LogP) is 1.54. The second-order valence-electron chi connectivity index (χ2n) is 5.04. The normalized spacial score (nSPS) is 11.3. The number of para-hydroxylation sites is 1. The number of carbonyl (C=O) groups excluding carboxylic acids is 1. The highest BCUT2D eigenvalue weighted by molar-refractivity contribution is 7.92. The van der Waals surface area contributed by atoms with E-state index in [4.69, 9.17) is 4.74 Å². The number of nitrogens with zero attached hydrogens (tertiary/aromatic N) is 1. The molecule has 0 saturated carbocycles. The first kappa shape index (κ1) is 18.3. The Hall–Kier alpha value is -3.07. The lowest BCUT2D eigenvalue weighted by Crippen LogP contribution is -2.20. The van der Waals surface area contributed by atoms with E-state index in [-0.39, 0.29) is 17.0 Å². The lowest BCUT2D eigenvalue weighted by Gasteiger charge is -2.09. The van der Waals surface area contributed by atoms with Crippen LogP contribution < -0.4 is 14.9 Å². The van der Waals surface area contributed by atoms with E-state index in [0.29, 0.717) is 11.3 Å². The van der Waals surface area contributed by atoms with Gasteiger partial charge in [-0.3, -0.25) is 9.52 Å². The molecular weight excluding hydrogens is 346 g/mol. The van der Waals surface area contributed by atoms with Crippen LogP contribution in [-0.2, 0) is 10.0 Å². The molecule has 0 spiro atoms. The maximum absolute atomic E-state index is 12.2. The molecule has 0 bridgehead atoms. The SMILES string of the molecule is COc1ccc(O)c(C=NNC(=O)c2ccccc2NS(C)(=O)=O)c1. The number of amides is 1. The highest BCUT2D eigenvalue weighted by Gasteiger charge is 2.13. The zero-order valence-electron chi connectivity index (χ0n) is 13.6. The van der Waals surface area contributed by atoms with Crippen molar-refractivity contribution >= 4 is 27.8 Å². The zero-order valence-corrected chi connectivity index (χ0v) is 14.4. The van der Waals surface area contributed by atoms with E-state index in [1.54, 1.807) is 24.3 Å². The Labute approximate surface area is 145 Å². The number of rotatable bonds is 6. The molecule has 0 atom stereocenters. The summed E-state index contributed by atoms with van der Waals surface area (Å²) in [4.78, 5) is 12.2. The van der Waals surface area contributed by atoms with E-state index in [9.17, 15) is 18.3 Å². The summed E-state index contributed by atoms with van der Waals surface area (Å²) in [5.41, 5.74) is 2.88. The van der Waals surface area contributed by atoms with Gasteiger partial charge >= 0.3 is 0 Å². The van der Waals surface area contributed by atoms with Gasteiger partial charge in [0.2, 0.25) is 10.0 Å². The van der Waals surface area contributed by atoms with Gasteiger partial charge in [-0.2, -0.15) is 5.10 Å². The van der Waals surface area contributed by atoms with E-state index in [1.807, 2.05) is 0 Å². The van der Waals surface area contributed by atoms with Gasteiger partial charge in [0.15, 0.2) is 0 Å². The van der Waals surface area contributed by atoms with Crippen LogP contribution in [0.25, 0.3) is 0 Å². The maximum Gasteiger partial charge on any atom is 0.273 e. The average molecular weight is 363 g/mol. The first-order chi connectivity index (χ1) is 11.8. The molecule has 1 amide bonds. The van der Waals surface area contributed by atoms with Crippen LogP contribution in [0.4, 0.5) is 5.69 Å². The van der Waals surface area contributed by atoms with Gasteiger partial charge in [-0.25, -0.2) is 13.8 Å². The number of sulfonamides is 1. The largest absolute Gasteiger partial charge is 0.507 e. The van der Waals surface area contributed by atoms with Crippen molar-refractivity contribution in [1.82, 2.24) is 5.43 Å². The zero-order chi connectivity index (χ0) is 18.4. The molecule has 2 rings (SSSR count). The topological polar surface area (TPSA) is 117 Å². The van der Waals surface area contributed by atoms with Crippen LogP contribution in [0.5, 0.6) is 11.5 Å². The highest BCUT2D eigenvalue weighted by atomic mass is 32.2. The minimum Gasteiger partial charge on any atom is -0.507 e. The molecule has 0 aliphatic carbocycles. The number of hydrogen-bond acceptors (Lipinski definition) is 6. The Bertz CT molecular complexity index is 910. The van der Waals surface area contributed by atoms with Gasteiger partial charge in [-0.15, -0.1) is 0 Å². The number of aromatic hydroxyl groups is 1. The van der Waals surface area contributed by atoms with Crippen LogP contribution in [0, 0.1) is 0 Å². The second-order valence-corrected chi connectivity index (χ2v) is 6.79. The van der Waals surface area contributed by atoms with Gasteiger partial charge in [0, 0.05) is 5.56 Å². The summed E-state index contributed by atoms with van der Waals surface area (Å²) in [7, 11) is -2.04. The van der Waals surface area contributed by atoms with Gasteiger partial charge in [0.05, 0.1) is 30.8 Å². The standard InChI is InChI=1S/C16H17N3O5S/c1-24-12-7-8-15(20)11(9-12)10-17-18-16(21)13-5-3-4-6-14(13)19-25(2,22)23/h3-10,19-20H,1-2H3,(H,18,21). The van der Waals surface area contributed by atoms with Gasteiger partial charge in [0.25, 0.3) is 5.91 Å². The number of anilines is 1. The van der Waals surface area contributed by atoms with E-state index in [0.717, 1.165) is 6.26 Å². The number of phenols is 1. The number of nitrogens with one attached hydrogen (secondary N) is 2. The number of phenolic OH excluding ortho intramolecular Hbond substituents is 1. The molecule has 0 unspecified atom stereocenters. The van der Waals surface area contributed by atoms with Crippen LogP contribution in [-0.4, -0.2) is 39.0 Å². The fourth-order valence-electron chi connectivity index (χ4n) is 1.95. The molecule has 2 aromatic carbocycles. The number of hydrazone groups is 1. The molecule has 0 aliphatic rings. The Morgan fingerprint density at radius 1 is 1.24 bits per heavy atom. The van der Waals surface area contributed by atoms with Crippen molar-refractivity contribution in [3.8, 4) is 11.5 Å². The van der Waals surface area contributed by atoms with Crippen molar-refractivity contribution in [3.63, 3.8) is 0 Å². The summed E-state index contributed by atoms with van der Waals surface area (Å²) in [5.74, 6) is -0.114. The number of ether oxygens (including phenoxy) is 1. The summed E-state index contributed by atoms with van der Waals surface area (Å²) in [6.45, 7) is 0. The summed E-state index contributed by atoms with van der Waals surface area (Å²) < 4.78 is 30.0. The van der Waals surface area contributed by atoms with E-state index in [1.165, 1.54) is 31.5 Å². The lowest BCUT2D eigenvalue weighted by atomic mass is 10.2. The molecule has 0 fully saturated rings.